The van der Waals surface area contributed by atoms with Crippen LogP contribution in [-0.4, -0.2) is 51.4 Å². The van der Waals surface area contributed by atoms with Crippen molar-refractivity contribution >= 4 is 0 Å². The van der Waals surface area contributed by atoms with Crippen LogP contribution in [-0.2, 0) is 6.54 Å². The van der Waals surface area contributed by atoms with Gasteiger partial charge >= 0.3 is 0 Å². The van der Waals surface area contributed by atoms with Gasteiger partial charge in [-0.05, 0) is 62.7 Å². The van der Waals surface area contributed by atoms with Gasteiger partial charge in [0.2, 0.25) is 0 Å². The average molecular weight is 493 g/mol. The molecule has 8 heteroatoms. The highest BCUT2D eigenvalue weighted by atomic mass is 16.5. The molecule has 0 atom stereocenters. The topological polar surface area (TPSA) is 96.9 Å². The zero-order valence-electron chi connectivity index (χ0n) is 20.7. The van der Waals surface area contributed by atoms with Gasteiger partial charge in [-0.25, -0.2) is 14.6 Å². The minimum Gasteiger partial charge on any atom is -0.490 e. The van der Waals surface area contributed by atoms with Crippen LogP contribution >= 0.6 is 0 Å². The summed E-state index contributed by atoms with van der Waals surface area (Å²) in [6.45, 7) is 3.19. The number of benzene rings is 2. The van der Waals surface area contributed by atoms with Crippen LogP contribution in [0.25, 0.3) is 22.6 Å². The number of nitriles is 1. The second-order valence-corrected chi connectivity index (χ2v) is 9.37. The number of likely N-dealkylation sites (tertiary alicyclic amines) is 1. The normalized spacial score (nSPS) is 14.3. The fraction of sp³-hybridized carbons (Fsp3) is 0.276. The third kappa shape index (κ3) is 5.90. The Balaban J connectivity index is 1.29. The lowest BCUT2D eigenvalue weighted by atomic mass is 9.98. The van der Waals surface area contributed by atoms with Crippen LogP contribution in [0.3, 0.4) is 0 Å². The Bertz CT molecular complexity index is 1470. The molecule has 0 spiro atoms. The molecule has 37 heavy (non-hydrogen) atoms. The fourth-order valence-electron chi connectivity index (χ4n) is 4.47. The molecule has 186 valence electrons. The zero-order chi connectivity index (χ0) is 25.6. The molecule has 0 aliphatic carbocycles. The molecule has 3 heterocycles. The first-order valence-electron chi connectivity index (χ1n) is 12.4. The Morgan fingerprint density at radius 2 is 1.81 bits per heavy atom. The zero-order valence-corrected chi connectivity index (χ0v) is 20.7. The van der Waals surface area contributed by atoms with Gasteiger partial charge in [-0.3, -0.25) is 4.79 Å². The van der Waals surface area contributed by atoms with Crippen molar-refractivity contribution in [2.24, 2.45) is 5.92 Å². The van der Waals surface area contributed by atoms with E-state index in [0.717, 1.165) is 37.1 Å². The summed E-state index contributed by atoms with van der Waals surface area (Å²) in [5.74, 6) is 1.83. The molecule has 0 radical (unpaired) electrons. The molecule has 1 aliphatic rings. The molecule has 0 N–H and O–H groups in total. The predicted octanol–water partition coefficient (Wildman–Crippen LogP) is 4.01. The summed E-state index contributed by atoms with van der Waals surface area (Å²) in [4.78, 5) is 23.9. The molecule has 4 aromatic rings. The fourth-order valence-corrected chi connectivity index (χ4v) is 4.47. The second-order valence-electron chi connectivity index (χ2n) is 9.37. The van der Waals surface area contributed by atoms with Gasteiger partial charge < -0.3 is 9.64 Å². The van der Waals surface area contributed by atoms with Crippen LogP contribution in [0.15, 0.2) is 77.9 Å². The van der Waals surface area contributed by atoms with Crippen LogP contribution in [0.4, 0.5) is 0 Å². The summed E-state index contributed by atoms with van der Waals surface area (Å²) in [6.07, 6.45) is 5.72. The van der Waals surface area contributed by atoms with Crippen LogP contribution in [0, 0.1) is 17.2 Å². The van der Waals surface area contributed by atoms with Crippen molar-refractivity contribution in [2.45, 2.75) is 19.4 Å². The first-order valence-corrected chi connectivity index (χ1v) is 12.4. The summed E-state index contributed by atoms with van der Waals surface area (Å²) in [6, 6.07) is 20.3. The Hall–Kier alpha value is -4.35. The predicted molar refractivity (Wildman–Crippen MR) is 141 cm³/mol. The molecule has 0 bridgehead atoms. The van der Waals surface area contributed by atoms with Crippen molar-refractivity contribution in [3.63, 3.8) is 0 Å². The highest BCUT2D eigenvalue weighted by Gasteiger charge is 2.17. The summed E-state index contributed by atoms with van der Waals surface area (Å²) >= 11 is 0. The van der Waals surface area contributed by atoms with Crippen molar-refractivity contribution in [3.8, 4) is 34.5 Å². The standard InChI is InChI=1S/C29H28N6O2/c1-34-13-11-21(12-14-34)20-37-25-17-31-29(32-18-25)23-7-4-5-22(15-23)19-35-28(36)10-9-27(33-35)26-8-3-2-6-24(26)16-30/h2-10,15,17-18,21H,11-14,19-20H2,1H3. The van der Waals surface area contributed by atoms with Gasteiger partial charge in [-0.15, -0.1) is 0 Å². The molecular weight excluding hydrogens is 464 g/mol. The highest BCUT2D eigenvalue weighted by molar-refractivity contribution is 5.66. The van der Waals surface area contributed by atoms with E-state index in [1.165, 1.54) is 10.7 Å². The largest absolute Gasteiger partial charge is 0.490 e. The summed E-state index contributed by atoms with van der Waals surface area (Å²) in [5, 5.41) is 14.0. The Labute approximate surface area is 215 Å². The van der Waals surface area contributed by atoms with E-state index in [4.69, 9.17) is 4.74 Å². The van der Waals surface area contributed by atoms with E-state index in [9.17, 15) is 10.1 Å². The smallest absolute Gasteiger partial charge is 0.267 e. The van der Waals surface area contributed by atoms with Gasteiger partial charge in [0.05, 0.1) is 42.9 Å². The number of aromatic nitrogens is 4. The van der Waals surface area contributed by atoms with E-state index in [1.54, 1.807) is 30.6 Å². The number of ether oxygens (including phenoxy) is 1. The lowest BCUT2D eigenvalue weighted by molar-refractivity contribution is 0.159. The van der Waals surface area contributed by atoms with Gasteiger partial charge in [-0.2, -0.15) is 10.4 Å². The number of hydrogen-bond donors (Lipinski definition) is 0. The number of nitrogens with zero attached hydrogens (tertiary/aromatic N) is 6. The molecule has 0 saturated carbocycles. The molecule has 1 fully saturated rings. The Kier molecular flexibility index (Phi) is 7.33. The first-order chi connectivity index (χ1) is 18.1. The SMILES string of the molecule is CN1CCC(COc2cnc(-c3cccc(Cn4nc(-c5ccccc5C#N)ccc4=O)c3)nc2)CC1. The third-order valence-electron chi connectivity index (χ3n) is 6.66. The van der Waals surface area contributed by atoms with E-state index in [2.05, 4.69) is 33.1 Å². The van der Waals surface area contributed by atoms with Gasteiger partial charge in [0.25, 0.3) is 5.56 Å². The molecule has 2 aromatic carbocycles. The summed E-state index contributed by atoms with van der Waals surface area (Å²) in [5.41, 5.74) is 3.30. The Morgan fingerprint density at radius 3 is 2.59 bits per heavy atom. The number of hydrogen-bond acceptors (Lipinski definition) is 7. The van der Waals surface area contributed by atoms with Gasteiger partial charge in [0.15, 0.2) is 11.6 Å². The van der Waals surface area contributed by atoms with E-state index in [-0.39, 0.29) is 12.1 Å². The van der Waals surface area contributed by atoms with E-state index < -0.39 is 0 Å². The van der Waals surface area contributed by atoms with Crippen molar-refractivity contribution in [3.05, 3.63) is 94.5 Å². The minimum atomic E-state index is -0.217. The molecule has 1 saturated heterocycles. The lowest BCUT2D eigenvalue weighted by Gasteiger charge is -2.28. The average Bonchev–Trinajstić information content (AvgIpc) is 2.94. The second kappa shape index (κ2) is 11.1. The van der Waals surface area contributed by atoms with E-state index in [0.29, 0.717) is 40.9 Å². The van der Waals surface area contributed by atoms with Gasteiger partial charge in [0, 0.05) is 17.2 Å². The monoisotopic (exact) mass is 492 g/mol. The van der Waals surface area contributed by atoms with E-state index in [1.807, 2.05) is 36.4 Å². The number of piperidine rings is 1. The molecular formula is C29H28N6O2. The van der Waals surface area contributed by atoms with Crippen molar-refractivity contribution in [1.29, 1.82) is 5.26 Å². The van der Waals surface area contributed by atoms with Gasteiger partial charge in [-0.1, -0.05) is 36.4 Å². The maximum atomic E-state index is 12.5. The van der Waals surface area contributed by atoms with E-state index >= 15 is 0 Å². The summed E-state index contributed by atoms with van der Waals surface area (Å²) < 4.78 is 7.35. The lowest BCUT2D eigenvalue weighted by Crippen LogP contribution is -2.32. The molecule has 2 aromatic heterocycles. The quantitative estimate of drug-likeness (QED) is 0.385. The molecule has 0 unspecified atom stereocenters. The van der Waals surface area contributed by atoms with Crippen molar-refractivity contribution < 1.29 is 4.74 Å². The molecule has 8 nitrogen and oxygen atoms in total. The molecule has 0 amide bonds. The number of rotatable bonds is 7. The first kappa shape index (κ1) is 24.3. The molecule has 5 rings (SSSR count). The highest BCUT2D eigenvalue weighted by Crippen LogP contribution is 2.22. The van der Waals surface area contributed by atoms with Crippen LogP contribution < -0.4 is 10.3 Å². The maximum Gasteiger partial charge on any atom is 0.267 e. The molecule has 1 aliphatic heterocycles. The van der Waals surface area contributed by atoms with Gasteiger partial charge in [0.1, 0.15) is 0 Å². The summed E-state index contributed by atoms with van der Waals surface area (Å²) in [7, 11) is 2.15. The Morgan fingerprint density at radius 1 is 1.03 bits per heavy atom. The van der Waals surface area contributed by atoms with Crippen LogP contribution in [0.1, 0.15) is 24.0 Å². The van der Waals surface area contributed by atoms with Crippen LogP contribution in [0.5, 0.6) is 5.75 Å². The van der Waals surface area contributed by atoms with Crippen LogP contribution in [0.2, 0.25) is 0 Å². The minimum absolute atomic E-state index is 0.217. The third-order valence-corrected chi connectivity index (χ3v) is 6.66. The van der Waals surface area contributed by atoms with Crippen molar-refractivity contribution in [1.82, 2.24) is 24.6 Å². The van der Waals surface area contributed by atoms with Crippen molar-refractivity contribution in [2.75, 3.05) is 26.7 Å². The maximum absolute atomic E-state index is 12.5.